The smallest absolute Gasteiger partial charge is 0.162 e. The van der Waals surface area contributed by atoms with Crippen molar-refractivity contribution in [3.05, 3.63) is 35.9 Å². The molecule has 4 unspecified atom stereocenters. The Kier molecular flexibility index (Phi) is 9.69. The van der Waals surface area contributed by atoms with Crippen LogP contribution in [0.3, 0.4) is 0 Å². The Balaban J connectivity index is 1.77. The normalized spacial score (nSPS) is 27.8. The van der Waals surface area contributed by atoms with E-state index in [4.69, 9.17) is 9.47 Å². The van der Waals surface area contributed by atoms with E-state index in [0.717, 1.165) is 51.6 Å². The Bertz CT molecular complexity index is 569. The Hall–Kier alpha value is -1.19. The largest absolute Gasteiger partial charge is 0.381 e. The van der Waals surface area contributed by atoms with Gasteiger partial charge in [0.2, 0.25) is 0 Å². The van der Waals surface area contributed by atoms with Gasteiger partial charge in [0, 0.05) is 18.9 Å². The van der Waals surface area contributed by atoms with Crippen LogP contribution in [0.15, 0.2) is 30.3 Å². The molecule has 2 aliphatic heterocycles. The molecule has 1 aromatic rings. The van der Waals surface area contributed by atoms with E-state index in [0.29, 0.717) is 24.7 Å². The van der Waals surface area contributed by atoms with Gasteiger partial charge >= 0.3 is 0 Å². The fourth-order valence-electron chi connectivity index (χ4n) is 5.02. The van der Waals surface area contributed by atoms with Gasteiger partial charge < -0.3 is 9.47 Å². The molecule has 3 heteroatoms. The van der Waals surface area contributed by atoms with E-state index >= 15 is 0 Å². The fraction of sp³-hybridized carbons (Fsp3) is 0.731. The standard InChI is InChI=1S/C26H40O3/c1-2-12-22(21-13-7-5-8-14-21)19-25(27)26-23-15-6-3-4-9-16-24(29-26)17-10-11-18-28-20-23/h5,7-8,13-14,22-24,26H,2-4,6,9-12,15-20H2,1H3. The summed E-state index contributed by atoms with van der Waals surface area (Å²) >= 11 is 0. The van der Waals surface area contributed by atoms with Gasteiger partial charge in [-0.25, -0.2) is 0 Å². The Labute approximate surface area is 177 Å². The van der Waals surface area contributed by atoms with Gasteiger partial charge in [-0.05, 0) is 50.0 Å². The predicted molar refractivity (Wildman–Crippen MR) is 118 cm³/mol. The molecule has 3 rings (SSSR count). The van der Waals surface area contributed by atoms with Crippen molar-refractivity contribution in [1.82, 2.24) is 0 Å². The van der Waals surface area contributed by atoms with Gasteiger partial charge in [0.25, 0.3) is 0 Å². The molecule has 2 saturated heterocycles. The molecule has 3 nitrogen and oxygen atoms in total. The number of ketones is 1. The highest BCUT2D eigenvalue weighted by molar-refractivity contribution is 5.84. The van der Waals surface area contributed by atoms with E-state index in [1.54, 1.807) is 0 Å². The molecule has 2 bridgehead atoms. The lowest BCUT2D eigenvalue weighted by Gasteiger charge is -2.33. The van der Waals surface area contributed by atoms with Crippen LogP contribution >= 0.6 is 0 Å². The molecular weight excluding hydrogens is 360 g/mol. The van der Waals surface area contributed by atoms with Crippen LogP contribution in [0, 0.1) is 5.92 Å². The topological polar surface area (TPSA) is 35.5 Å². The van der Waals surface area contributed by atoms with Crippen molar-refractivity contribution in [1.29, 1.82) is 0 Å². The van der Waals surface area contributed by atoms with Crippen LogP contribution in [0.25, 0.3) is 0 Å². The highest BCUT2D eigenvalue weighted by Crippen LogP contribution is 2.31. The summed E-state index contributed by atoms with van der Waals surface area (Å²) in [5.41, 5.74) is 1.29. The van der Waals surface area contributed by atoms with E-state index in [1.807, 2.05) is 0 Å². The first-order valence-corrected chi connectivity index (χ1v) is 12.1. The predicted octanol–water partition coefficient (Wildman–Crippen LogP) is 6.45. The molecule has 29 heavy (non-hydrogen) atoms. The molecule has 2 aliphatic rings. The average molecular weight is 401 g/mol. The number of fused-ring (bicyclic) bond motifs is 3. The van der Waals surface area contributed by atoms with Gasteiger partial charge in [-0.15, -0.1) is 0 Å². The Morgan fingerprint density at radius 1 is 1.00 bits per heavy atom. The maximum absolute atomic E-state index is 13.6. The van der Waals surface area contributed by atoms with Gasteiger partial charge in [0.1, 0.15) is 6.10 Å². The molecule has 4 atom stereocenters. The van der Waals surface area contributed by atoms with Crippen LogP contribution in [0.2, 0.25) is 0 Å². The van der Waals surface area contributed by atoms with Gasteiger partial charge in [-0.2, -0.15) is 0 Å². The van der Waals surface area contributed by atoms with Crippen LogP contribution in [0.5, 0.6) is 0 Å². The Morgan fingerprint density at radius 3 is 2.48 bits per heavy atom. The second-order valence-electron chi connectivity index (χ2n) is 9.07. The zero-order valence-electron chi connectivity index (χ0n) is 18.3. The van der Waals surface area contributed by atoms with Gasteiger partial charge in [-0.3, -0.25) is 4.79 Å². The van der Waals surface area contributed by atoms with Gasteiger partial charge in [0.15, 0.2) is 5.78 Å². The fourth-order valence-corrected chi connectivity index (χ4v) is 5.02. The summed E-state index contributed by atoms with van der Waals surface area (Å²) in [7, 11) is 0. The summed E-state index contributed by atoms with van der Waals surface area (Å²) in [4.78, 5) is 13.6. The van der Waals surface area contributed by atoms with Crippen LogP contribution in [0.1, 0.15) is 95.5 Å². The lowest BCUT2D eigenvalue weighted by Crippen LogP contribution is -2.40. The van der Waals surface area contributed by atoms with Crippen molar-refractivity contribution >= 4 is 5.78 Å². The molecular formula is C26H40O3. The molecule has 0 radical (unpaired) electrons. The maximum atomic E-state index is 13.6. The van der Waals surface area contributed by atoms with Gasteiger partial charge in [-0.1, -0.05) is 69.4 Å². The van der Waals surface area contributed by atoms with E-state index in [-0.39, 0.29) is 18.1 Å². The number of ether oxygens (including phenoxy) is 2. The SMILES string of the molecule is CCCC(CC(=O)C1OC2CCCCCCC1COCCCC2)c1ccccc1. The third-order valence-electron chi connectivity index (χ3n) is 6.69. The third-order valence-corrected chi connectivity index (χ3v) is 6.69. The zero-order chi connectivity index (χ0) is 20.3. The van der Waals surface area contributed by atoms with Crippen LogP contribution < -0.4 is 0 Å². The number of carbonyl (C=O) groups is 1. The van der Waals surface area contributed by atoms with Gasteiger partial charge in [0.05, 0.1) is 12.7 Å². The zero-order valence-corrected chi connectivity index (χ0v) is 18.3. The first-order valence-electron chi connectivity index (χ1n) is 12.1. The van der Waals surface area contributed by atoms with E-state index < -0.39 is 0 Å². The summed E-state index contributed by atoms with van der Waals surface area (Å²) in [5, 5.41) is 0. The third kappa shape index (κ3) is 7.22. The summed E-state index contributed by atoms with van der Waals surface area (Å²) < 4.78 is 12.6. The molecule has 0 saturated carbocycles. The minimum Gasteiger partial charge on any atom is -0.381 e. The molecule has 162 valence electrons. The second kappa shape index (κ2) is 12.5. The van der Waals surface area contributed by atoms with Crippen molar-refractivity contribution in [3.8, 4) is 0 Å². The number of hydrogen-bond donors (Lipinski definition) is 0. The second-order valence-corrected chi connectivity index (χ2v) is 9.07. The van der Waals surface area contributed by atoms with Crippen molar-refractivity contribution in [2.24, 2.45) is 5.92 Å². The quantitative estimate of drug-likeness (QED) is 0.550. The molecule has 0 aromatic heterocycles. The highest BCUT2D eigenvalue weighted by Gasteiger charge is 2.33. The Morgan fingerprint density at radius 2 is 1.72 bits per heavy atom. The summed E-state index contributed by atoms with van der Waals surface area (Å²) in [6.45, 7) is 3.71. The molecule has 1 aromatic carbocycles. The van der Waals surface area contributed by atoms with Crippen molar-refractivity contribution in [2.75, 3.05) is 13.2 Å². The minimum atomic E-state index is -0.292. The molecule has 0 spiro atoms. The summed E-state index contributed by atoms with van der Waals surface area (Å²) in [6.07, 6.45) is 13.1. The average Bonchev–Trinajstić information content (AvgIpc) is 2.75. The summed E-state index contributed by atoms with van der Waals surface area (Å²) in [6, 6.07) is 10.6. The highest BCUT2D eigenvalue weighted by atomic mass is 16.5. The monoisotopic (exact) mass is 400 g/mol. The van der Waals surface area contributed by atoms with Crippen molar-refractivity contribution in [3.63, 3.8) is 0 Å². The number of benzene rings is 1. The van der Waals surface area contributed by atoms with E-state index in [9.17, 15) is 4.79 Å². The molecule has 2 heterocycles. The first kappa shape index (κ1) is 22.5. The van der Waals surface area contributed by atoms with E-state index in [2.05, 4.69) is 37.3 Å². The number of rotatable bonds is 6. The van der Waals surface area contributed by atoms with Crippen molar-refractivity contribution in [2.45, 2.75) is 102 Å². The van der Waals surface area contributed by atoms with E-state index in [1.165, 1.54) is 31.2 Å². The summed E-state index contributed by atoms with van der Waals surface area (Å²) in [5.74, 6) is 0.798. The minimum absolute atomic E-state index is 0.208. The first-order chi connectivity index (χ1) is 14.3. The lowest BCUT2D eigenvalue weighted by molar-refractivity contribution is -0.145. The lowest BCUT2D eigenvalue weighted by atomic mass is 9.84. The molecule has 0 N–H and O–H groups in total. The number of Topliss-reactive ketones (excluding diaryl/α,β-unsaturated/α-hetero) is 1. The van der Waals surface area contributed by atoms with Crippen molar-refractivity contribution < 1.29 is 14.3 Å². The molecule has 2 fully saturated rings. The number of carbonyl (C=O) groups excluding carboxylic acids is 1. The van der Waals surface area contributed by atoms with Crippen LogP contribution in [-0.2, 0) is 14.3 Å². The molecule has 0 amide bonds. The van der Waals surface area contributed by atoms with Crippen LogP contribution in [-0.4, -0.2) is 31.2 Å². The maximum Gasteiger partial charge on any atom is 0.162 e. The molecule has 0 aliphatic carbocycles. The number of hydrogen-bond acceptors (Lipinski definition) is 3. The van der Waals surface area contributed by atoms with Crippen LogP contribution in [0.4, 0.5) is 0 Å².